The van der Waals surface area contributed by atoms with Crippen molar-refractivity contribution in [1.82, 2.24) is 25.3 Å². The van der Waals surface area contributed by atoms with Crippen LogP contribution in [0.15, 0.2) is 60.8 Å². The van der Waals surface area contributed by atoms with Gasteiger partial charge in [-0.25, -0.2) is 0 Å². The summed E-state index contributed by atoms with van der Waals surface area (Å²) in [6.07, 6.45) is 3.86. The van der Waals surface area contributed by atoms with E-state index in [0.717, 1.165) is 66.0 Å². The number of rotatable bonds is 5. The van der Waals surface area contributed by atoms with Crippen LogP contribution in [-0.2, 0) is 13.6 Å². The quantitative estimate of drug-likeness (QED) is 0.528. The van der Waals surface area contributed by atoms with Crippen molar-refractivity contribution >= 4 is 16.6 Å². The molecule has 1 aliphatic heterocycles. The van der Waals surface area contributed by atoms with Gasteiger partial charge < -0.3 is 10.2 Å². The zero-order valence-electron chi connectivity index (χ0n) is 18.1. The van der Waals surface area contributed by atoms with Gasteiger partial charge >= 0.3 is 0 Å². The number of benzene rings is 2. The number of aryl methyl sites for hydroxylation is 1. The smallest absolute Gasteiger partial charge is 0.159 e. The van der Waals surface area contributed by atoms with Gasteiger partial charge in [0.05, 0.1) is 17.3 Å². The molecule has 0 spiro atoms. The van der Waals surface area contributed by atoms with Gasteiger partial charge in [-0.3, -0.25) is 4.68 Å². The number of piperidine rings is 1. The van der Waals surface area contributed by atoms with Gasteiger partial charge in [0, 0.05) is 49.7 Å². The highest BCUT2D eigenvalue weighted by Gasteiger charge is 2.23. The first-order chi connectivity index (χ1) is 15.7. The summed E-state index contributed by atoms with van der Waals surface area (Å²) < 4.78 is 1.83. The molecule has 2 aromatic carbocycles. The van der Waals surface area contributed by atoms with Crippen molar-refractivity contribution in [3.63, 3.8) is 0 Å². The molecule has 3 heterocycles. The molecule has 7 heteroatoms. The molecule has 4 aromatic rings. The maximum atomic E-state index is 9.08. The van der Waals surface area contributed by atoms with E-state index < -0.39 is 0 Å². The molecular weight excluding hydrogens is 398 g/mol. The standard InChI is InChI=1S/C25H25N7/c1-31-23(9-12-28-31)24-21-7-2-3-8-22(21)25(30-29-24)32-13-10-20(11-14-32)27-17-19-6-4-5-18(15-19)16-26/h2-9,12,15,20,27H,10-11,13-14,17H2,1H3. The van der Waals surface area contributed by atoms with E-state index in [1.165, 1.54) is 0 Å². The molecular formula is C25H25N7. The Morgan fingerprint density at radius 1 is 1.03 bits per heavy atom. The fraction of sp³-hybridized carbons (Fsp3) is 0.280. The fourth-order valence-corrected chi connectivity index (χ4v) is 4.43. The minimum Gasteiger partial charge on any atom is -0.354 e. The van der Waals surface area contributed by atoms with Gasteiger partial charge in [0.2, 0.25) is 0 Å². The molecule has 0 aliphatic carbocycles. The third kappa shape index (κ3) is 3.93. The lowest BCUT2D eigenvalue weighted by molar-refractivity contribution is 0.413. The van der Waals surface area contributed by atoms with E-state index in [1.807, 2.05) is 42.1 Å². The van der Waals surface area contributed by atoms with Crippen molar-refractivity contribution in [3.8, 4) is 17.5 Å². The molecule has 0 bridgehead atoms. The number of anilines is 1. The number of nitrogens with one attached hydrogen (secondary N) is 1. The Balaban J connectivity index is 1.30. The highest BCUT2D eigenvalue weighted by atomic mass is 15.3. The van der Waals surface area contributed by atoms with Gasteiger partial charge in [0.25, 0.3) is 0 Å². The minimum atomic E-state index is 0.449. The molecule has 0 amide bonds. The lowest BCUT2D eigenvalue weighted by Gasteiger charge is -2.33. The zero-order chi connectivity index (χ0) is 21.9. The summed E-state index contributed by atoms with van der Waals surface area (Å²) in [6, 6.07) is 20.8. The lowest BCUT2D eigenvalue weighted by atomic mass is 10.0. The number of hydrogen-bond acceptors (Lipinski definition) is 6. The summed E-state index contributed by atoms with van der Waals surface area (Å²) in [5, 5.41) is 28.5. The van der Waals surface area contributed by atoms with Gasteiger partial charge in [-0.15, -0.1) is 10.2 Å². The zero-order valence-corrected chi connectivity index (χ0v) is 18.1. The summed E-state index contributed by atoms with van der Waals surface area (Å²) in [5.74, 6) is 0.951. The maximum Gasteiger partial charge on any atom is 0.159 e. The molecule has 1 aliphatic rings. The third-order valence-corrected chi connectivity index (χ3v) is 6.18. The van der Waals surface area contributed by atoms with Crippen LogP contribution in [0, 0.1) is 11.3 Å². The van der Waals surface area contributed by atoms with Crippen LogP contribution < -0.4 is 10.2 Å². The van der Waals surface area contributed by atoms with E-state index in [2.05, 4.69) is 55.8 Å². The van der Waals surface area contributed by atoms with Crippen molar-refractivity contribution in [1.29, 1.82) is 5.26 Å². The normalized spacial score (nSPS) is 14.6. The van der Waals surface area contributed by atoms with Crippen LogP contribution >= 0.6 is 0 Å². The molecule has 5 rings (SSSR count). The minimum absolute atomic E-state index is 0.449. The Morgan fingerprint density at radius 2 is 1.84 bits per heavy atom. The largest absolute Gasteiger partial charge is 0.354 e. The first-order valence-electron chi connectivity index (χ1n) is 10.9. The fourth-order valence-electron chi connectivity index (χ4n) is 4.43. The average Bonchev–Trinajstić information content (AvgIpc) is 3.28. The van der Waals surface area contributed by atoms with Crippen molar-refractivity contribution in [2.75, 3.05) is 18.0 Å². The van der Waals surface area contributed by atoms with Crippen molar-refractivity contribution in [2.24, 2.45) is 7.05 Å². The molecule has 32 heavy (non-hydrogen) atoms. The summed E-state index contributed by atoms with van der Waals surface area (Å²) >= 11 is 0. The Hall–Kier alpha value is -3.76. The summed E-state index contributed by atoms with van der Waals surface area (Å²) in [6.45, 7) is 2.64. The Bertz CT molecular complexity index is 1280. The highest BCUT2D eigenvalue weighted by Crippen LogP contribution is 2.32. The van der Waals surface area contributed by atoms with E-state index in [0.29, 0.717) is 11.6 Å². The maximum absolute atomic E-state index is 9.08. The predicted octanol–water partition coefficient (Wildman–Crippen LogP) is 3.66. The van der Waals surface area contributed by atoms with Gasteiger partial charge in [0.15, 0.2) is 5.82 Å². The molecule has 1 saturated heterocycles. The van der Waals surface area contributed by atoms with Crippen molar-refractivity contribution in [2.45, 2.75) is 25.4 Å². The highest BCUT2D eigenvalue weighted by molar-refractivity contribution is 5.99. The number of hydrogen-bond donors (Lipinski definition) is 1. The van der Waals surface area contributed by atoms with E-state index in [9.17, 15) is 0 Å². The average molecular weight is 424 g/mol. The number of nitrogens with zero attached hydrogens (tertiary/aromatic N) is 6. The van der Waals surface area contributed by atoms with Crippen LogP contribution in [0.25, 0.3) is 22.2 Å². The first-order valence-corrected chi connectivity index (χ1v) is 10.9. The molecule has 1 fully saturated rings. The van der Waals surface area contributed by atoms with Crippen LogP contribution in [0.4, 0.5) is 5.82 Å². The Labute approximate surface area is 187 Å². The topological polar surface area (TPSA) is 82.7 Å². The van der Waals surface area contributed by atoms with E-state index >= 15 is 0 Å². The predicted molar refractivity (Wildman–Crippen MR) is 125 cm³/mol. The SMILES string of the molecule is Cn1nccc1-c1nnc(N2CCC(NCc3cccc(C#N)c3)CC2)c2ccccc12. The van der Waals surface area contributed by atoms with E-state index in [1.54, 1.807) is 6.20 Å². The summed E-state index contributed by atoms with van der Waals surface area (Å²) in [4.78, 5) is 2.34. The summed E-state index contributed by atoms with van der Waals surface area (Å²) in [5.41, 5.74) is 3.68. The van der Waals surface area contributed by atoms with Gasteiger partial charge in [-0.2, -0.15) is 10.4 Å². The van der Waals surface area contributed by atoms with Crippen molar-refractivity contribution < 1.29 is 0 Å². The van der Waals surface area contributed by atoms with Gasteiger partial charge in [-0.1, -0.05) is 36.4 Å². The molecule has 2 aromatic heterocycles. The molecule has 0 unspecified atom stereocenters. The second kappa shape index (κ2) is 8.77. The number of aromatic nitrogens is 4. The second-order valence-electron chi connectivity index (χ2n) is 8.21. The molecule has 0 atom stereocenters. The van der Waals surface area contributed by atoms with Crippen LogP contribution in [-0.4, -0.2) is 39.1 Å². The summed E-state index contributed by atoms with van der Waals surface area (Å²) in [7, 11) is 1.92. The van der Waals surface area contributed by atoms with Crippen LogP contribution in [0.2, 0.25) is 0 Å². The Kier molecular flexibility index (Phi) is 5.53. The van der Waals surface area contributed by atoms with Crippen LogP contribution in [0.1, 0.15) is 24.0 Å². The van der Waals surface area contributed by atoms with E-state index in [-0.39, 0.29) is 0 Å². The lowest BCUT2D eigenvalue weighted by Crippen LogP contribution is -2.42. The molecule has 7 nitrogen and oxygen atoms in total. The third-order valence-electron chi connectivity index (χ3n) is 6.18. The number of nitriles is 1. The molecule has 1 N–H and O–H groups in total. The van der Waals surface area contributed by atoms with Gasteiger partial charge in [0.1, 0.15) is 5.69 Å². The molecule has 0 saturated carbocycles. The van der Waals surface area contributed by atoms with Gasteiger partial charge in [-0.05, 0) is 36.6 Å². The Morgan fingerprint density at radius 3 is 2.59 bits per heavy atom. The second-order valence-corrected chi connectivity index (χ2v) is 8.21. The van der Waals surface area contributed by atoms with Crippen molar-refractivity contribution in [3.05, 3.63) is 71.9 Å². The number of fused-ring (bicyclic) bond motifs is 1. The molecule has 160 valence electrons. The monoisotopic (exact) mass is 423 g/mol. The van der Waals surface area contributed by atoms with Crippen LogP contribution in [0.5, 0.6) is 0 Å². The van der Waals surface area contributed by atoms with Crippen LogP contribution in [0.3, 0.4) is 0 Å². The first kappa shape index (κ1) is 20.2. The van der Waals surface area contributed by atoms with E-state index in [4.69, 9.17) is 5.26 Å². The molecule has 0 radical (unpaired) electrons.